The van der Waals surface area contributed by atoms with Crippen molar-refractivity contribution in [3.63, 3.8) is 0 Å². The van der Waals surface area contributed by atoms with Gasteiger partial charge in [-0.05, 0) is 0 Å². The lowest BCUT2D eigenvalue weighted by atomic mass is 10.3. The zero-order chi connectivity index (χ0) is 10.1. The maximum absolute atomic E-state index is 10.8. The maximum Gasteiger partial charge on any atom is 0.331 e. The molecule has 2 N–H and O–H groups in total. The zero-order valence-corrected chi connectivity index (χ0v) is 7.45. The SMILES string of the molecule is COC(=O)C=CNCC(=O)CCO. The minimum Gasteiger partial charge on any atom is -0.466 e. The highest BCUT2D eigenvalue weighted by Crippen LogP contribution is 1.79. The van der Waals surface area contributed by atoms with E-state index in [0.29, 0.717) is 0 Å². The number of aliphatic hydroxyl groups is 1. The number of nitrogens with one attached hydrogen (secondary N) is 1. The molecule has 0 heterocycles. The van der Waals surface area contributed by atoms with Gasteiger partial charge in [-0.1, -0.05) is 0 Å². The molecule has 0 saturated heterocycles. The summed E-state index contributed by atoms with van der Waals surface area (Å²) in [5, 5.41) is 11.0. The van der Waals surface area contributed by atoms with E-state index in [2.05, 4.69) is 10.1 Å². The molecule has 0 saturated carbocycles. The van der Waals surface area contributed by atoms with Crippen molar-refractivity contribution in [3.05, 3.63) is 12.3 Å². The van der Waals surface area contributed by atoms with Crippen LogP contribution in [-0.4, -0.2) is 37.1 Å². The Balaban J connectivity index is 3.49. The first-order valence-electron chi connectivity index (χ1n) is 3.81. The van der Waals surface area contributed by atoms with Gasteiger partial charge in [0.15, 0.2) is 5.78 Å². The number of esters is 1. The Morgan fingerprint density at radius 3 is 2.77 bits per heavy atom. The van der Waals surface area contributed by atoms with Crippen LogP contribution in [0.1, 0.15) is 6.42 Å². The molecule has 0 aliphatic carbocycles. The largest absolute Gasteiger partial charge is 0.466 e. The monoisotopic (exact) mass is 187 g/mol. The summed E-state index contributed by atoms with van der Waals surface area (Å²) < 4.78 is 4.31. The fourth-order valence-corrected chi connectivity index (χ4v) is 0.581. The van der Waals surface area contributed by atoms with E-state index in [1.807, 2.05) is 0 Å². The van der Waals surface area contributed by atoms with Crippen LogP contribution in [0.4, 0.5) is 0 Å². The molecule has 13 heavy (non-hydrogen) atoms. The second-order valence-electron chi connectivity index (χ2n) is 2.25. The summed E-state index contributed by atoms with van der Waals surface area (Å²) in [5.41, 5.74) is 0. The number of hydrogen-bond acceptors (Lipinski definition) is 5. The number of carbonyl (C=O) groups is 2. The predicted molar refractivity (Wildman–Crippen MR) is 45.9 cm³/mol. The van der Waals surface area contributed by atoms with Crippen molar-refractivity contribution in [2.24, 2.45) is 0 Å². The van der Waals surface area contributed by atoms with Crippen LogP contribution in [0.25, 0.3) is 0 Å². The zero-order valence-electron chi connectivity index (χ0n) is 7.45. The molecule has 5 nitrogen and oxygen atoms in total. The second-order valence-corrected chi connectivity index (χ2v) is 2.25. The molecule has 0 atom stereocenters. The first-order chi connectivity index (χ1) is 6.20. The Labute approximate surface area is 76.4 Å². The van der Waals surface area contributed by atoms with Gasteiger partial charge in [0.2, 0.25) is 0 Å². The standard InChI is InChI=1S/C8H13NO4/c1-13-8(12)2-4-9-6-7(11)3-5-10/h2,4,9-10H,3,5-6H2,1H3. The number of methoxy groups -OCH3 is 1. The highest BCUT2D eigenvalue weighted by molar-refractivity contribution is 5.82. The van der Waals surface area contributed by atoms with Gasteiger partial charge >= 0.3 is 5.97 Å². The van der Waals surface area contributed by atoms with Gasteiger partial charge < -0.3 is 15.2 Å². The smallest absolute Gasteiger partial charge is 0.331 e. The molecule has 0 aromatic carbocycles. The normalized spacial score (nSPS) is 10.0. The van der Waals surface area contributed by atoms with Crippen molar-refractivity contribution >= 4 is 11.8 Å². The van der Waals surface area contributed by atoms with Gasteiger partial charge in [0.25, 0.3) is 0 Å². The first-order valence-corrected chi connectivity index (χ1v) is 3.81. The Hall–Kier alpha value is -1.36. The average Bonchev–Trinajstić information content (AvgIpc) is 2.12. The predicted octanol–water partition coefficient (Wildman–Crippen LogP) is -0.786. The quantitative estimate of drug-likeness (QED) is 0.421. The van der Waals surface area contributed by atoms with Crippen LogP contribution in [0, 0.1) is 0 Å². The summed E-state index contributed by atoms with van der Waals surface area (Å²) in [5.74, 6) is -0.598. The van der Waals surface area contributed by atoms with Crippen LogP contribution in [0.2, 0.25) is 0 Å². The summed E-state index contributed by atoms with van der Waals surface area (Å²) in [6.07, 6.45) is 2.63. The Bertz CT molecular complexity index is 200. The highest BCUT2D eigenvalue weighted by Gasteiger charge is 1.97. The molecule has 0 amide bonds. The number of ether oxygens (including phenoxy) is 1. The molecule has 5 heteroatoms. The Morgan fingerprint density at radius 1 is 1.54 bits per heavy atom. The lowest BCUT2D eigenvalue weighted by Gasteiger charge is -1.97. The van der Waals surface area contributed by atoms with Crippen molar-refractivity contribution in [2.75, 3.05) is 20.3 Å². The van der Waals surface area contributed by atoms with Gasteiger partial charge in [0.05, 0.1) is 20.3 Å². The van der Waals surface area contributed by atoms with Crippen molar-refractivity contribution in [1.29, 1.82) is 0 Å². The van der Waals surface area contributed by atoms with Gasteiger partial charge in [-0.2, -0.15) is 0 Å². The molecule has 0 fully saturated rings. The van der Waals surface area contributed by atoms with Crippen molar-refractivity contribution in [1.82, 2.24) is 5.32 Å². The van der Waals surface area contributed by atoms with Crippen LogP contribution < -0.4 is 5.32 Å². The molecule has 0 radical (unpaired) electrons. The number of rotatable bonds is 6. The first kappa shape index (κ1) is 11.6. The van der Waals surface area contributed by atoms with Crippen molar-refractivity contribution < 1.29 is 19.4 Å². The topological polar surface area (TPSA) is 75.6 Å². The molecule has 0 aromatic rings. The van der Waals surface area contributed by atoms with Gasteiger partial charge in [-0.25, -0.2) is 4.79 Å². The van der Waals surface area contributed by atoms with Crippen LogP contribution in [0.3, 0.4) is 0 Å². The van der Waals surface area contributed by atoms with Crippen LogP contribution in [0.5, 0.6) is 0 Å². The number of carbonyl (C=O) groups excluding carboxylic acids is 2. The summed E-state index contributed by atoms with van der Waals surface area (Å²) >= 11 is 0. The molecule has 0 aromatic heterocycles. The van der Waals surface area contributed by atoms with Gasteiger partial charge in [0.1, 0.15) is 0 Å². The summed E-state index contributed by atoms with van der Waals surface area (Å²) in [7, 11) is 1.27. The summed E-state index contributed by atoms with van der Waals surface area (Å²) in [6, 6.07) is 0. The molecule has 0 unspecified atom stereocenters. The van der Waals surface area contributed by atoms with E-state index in [0.717, 1.165) is 0 Å². The maximum atomic E-state index is 10.8. The number of Topliss-reactive ketones (excluding diaryl/α,β-unsaturated/α-hetero) is 1. The van der Waals surface area contributed by atoms with Crippen LogP contribution >= 0.6 is 0 Å². The van der Waals surface area contributed by atoms with E-state index in [4.69, 9.17) is 5.11 Å². The molecule has 0 aliphatic heterocycles. The molecule has 0 spiro atoms. The van der Waals surface area contributed by atoms with Crippen LogP contribution in [-0.2, 0) is 14.3 Å². The molecule has 74 valence electrons. The molecular weight excluding hydrogens is 174 g/mol. The van der Waals surface area contributed by atoms with Gasteiger partial charge in [0, 0.05) is 18.7 Å². The Kier molecular flexibility index (Phi) is 6.53. The van der Waals surface area contributed by atoms with E-state index in [-0.39, 0.29) is 25.4 Å². The van der Waals surface area contributed by atoms with E-state index >= 15 is 0 Å². The van der Waals surface area contributed by atoms with E-state index in [1.54, 1.807) is 0 Å². The van der Waals surface area contributed by atoms with Crippen LogP contribution in [0.15, 0.2) is 12.3 Å². The molecular formula is C8H13NO4. The molecule has 0 bridgehead atoms. The molecule has 0 rings (SSSR count). The molecule has 0 aliphatic rings. The van der Waals surface area contributed by atoms with E-state index in [9.17, 15) is 9.59 Å². The van der Waals surface area contributed by atoms with E-state index in [1.165, 1.54) is 19.4 Å². The summed E-state index contributed by atoms with van der Waals surface area (Å²) in [6.45, 7) is -0.0463. The summed E-state index contributed by atoms with van der Waals surface area (Å²) in [4.78, 5) is 21.3. The van der Waals surface area contributed by atoms with Crippen molar-refractivity contribution in [3.8, 4) is 0 Å². The fourth-order valence-electron chi connectivity index (χ4n) is 0.581. The lowest BCUT2D eigenvalue weighted by Crippen LogP contribution is -2.18. The number of aliphatic hydroxyl groups excluding tert-OH is 1. The Morgan fingerprint density at radius 2 is 2.23 bits per heavy atom. The lowest BCUT2D eigenvalue weighted by molar-refractivity contribution is -0.134. The third-order valence-corrected chi connectivity index (χ3v) is 1.23. The number of hydrogen-bond donors (Lipinski definition) is 2. The van der Waals surface area contributed by atoms with Gasteiger partial charge in [-0.3, -0.25) is 4.79 Å². The minimum atomic E-state index is -0.484. The minimum absolute atomic E-state index is 0.105. The van der Waals surface area contributed by atoms with Gasteiger partial charge in [-0.15, -0.1) is 0 Å². The average molecular weight is 187 g/mol. The van der Waals surface area contributed by atoms with E-state index < -0.39 is 5.97 Å². The highest BCUT2D eigenvalue weighted by atomic mass is 16.5. The fraction of sp³-hybridized carbons (Fsp3) is 0.500. The second kappa shape index (κ2) is 7.30. The number of ketones is 1. The third kappa shape index (κ3) is 7.02. The third-order valence-electron chi connectivity index (χ3n) is 1.23. The van der Waals surface area contributed by atoms with Crippen molar-refractivity contribution in [2.45, 2.75) is 6.42 Å².